The Hall–Kier alpha value is -1.69. The maximum atomic E-state index is 11.5. The molecule has 0 bridgehead atoms. The molecule has 94 valence electrons. The number of carbonyl (C=O) groups is 1. The monoisotopic (exact) mass is 309 g/mol. The van der Waals surface area contributed by atoms with E-state index in [0.717, 1.165) is 15.7 Å². The zero-order valence-corrected chi connectivity index (χ0v) is 11.6. The van der Waals surface area contributed by atoms with Gasteiger partial charge in [-0.05, 0) is 37.6 Å². The highest BCUT2D eigenvalue weighted by molar-refractivity contribution is 9.10. The summed E-state index contributed by atoms with van der Waals surface area (Å²) in [4.78, 5) is 11.5. The molecule has 0 aliphatic heterocycles. The van der Waals surface area contributed by atoms with Gasteiger partial charge in [0.15, 0.2) is 5.69 Å². The van der Waals surface area contributed by atoms with Gasteiger partial charge < -0.3 is 4.74 Å². The summed E-state index contributed by atoms with van der Waals surface area (Å²) in [6.07, 6.45) is 1.56. The average Bonchev–Trinajstić information content (AvgIpc) is 2.78. The lowest BCUT2D eigenvalue weighted by atomic mass is 10.2. The molecule has 0 amide bonds. The predicted octanol–water partition coefficient (Wildman–Crippen LogP) is 2.51. The third-order valence-electron chi connectivity index (χ3n) is 2.38. The Morgan fingerprint density at radius 1 is 1.50 bits per heavy atom. The van der Waals surface area contributed by atoms with Crippen molar-refractivity contribution in [2.45, 2.75) is 13.8 Å². The summed E-state index contributed by atoms with van der Waals surface area (Å²) in [5, 5.41) is 7.73. The number of halogens is 1. The van der Waals surface area contributed by atoms with E-state index < -0.39 is 5.97 Å². The molecule has 6 heteroatoms. The maximum Gasteiger partial charge on any atom is 0.360 e. The standard InChI is InChI=1S/C12H12BrN3O2/c1-3-18-12(17)10-7-16(15-14-10)11-5-4-9(13)6-8(11)2/h4-7H,3H2,1-2H3. The van der Waals surface area contributed by atoms with Crippen molar-refractivity contribution in [1.82, 2.24) is 15.0 Å². The second kappa shape index (κ2) is 5.30. The molecule has 1 aromatic heterocycles. The first-order valence-electron chi connectivity index (χ1n) is 5.48. The van der Waals surface area contributed by atoms with Crippen LogP contribution in [0.25, 0.3) is 5.69 Å². The molecule has 1 aromatic carbocycles. The molecule has 0 aliphatic rings. The number of benzene rings is 1. The zero-order chi connectivity index (χ0) is 13.1. The van der Waals surface area contributed by atoms with Crippen LogP contribution >= 0.6 is 15.9 Å². The fraction of sp³-hybridized carbons (Fsp3) is 0.250. The SMILES string of the molecule is CCOC(=O)c1cn(-c2ccc(Br)cc2C)nn1. The largest absolute Gasteiger partial charge is 0.461 e. The summed E-state index contributed by atoms with van der Waals surface area (Å²) in [6.45, 7) is 4.04. The Morgan fingerprint density at radius 3 is 2.94 bits per heavy atom. The average molecular weight is 310 g/mol. The van der Waals surface area contributed by atoms with Crippen molar-refractivity contribution in [2.75, 3.05) is 6.61 Å². The van der Waals surface area contributed by atoms with Crippen molar-refractivity contribution in [3.8, 4) is 5.69 Å². The zero-order valence-electron chi connectivity index (χ0n) is 10.1. The number of carbonyl (C=O) groups excluding carboxylic acids is 1. The molecule has 0 N–H and O–H groups in total. The van der Waals surface area contributed by atoms with Gasteiger partial charge in [-0.15, -0.1) is 5.10 Å². The molecule has 5 nitrogen and oxygen atoms in total. The van der Waals surface area contributed by atoms with E-state index in [9.17, 15) is 4.79 Å². The van der Waals surface area contributed by atoms with Gasteiger partial charge in [0.1, 0.15) is 0 Å². The van der Waals surface area contributed by atoms with E-state index in [1.54, 1.807) is 17.8 Å². The second-order valence-corrected chi connectivity index (χ2v) is 4.62. The topological polar surface area (TPSA) is 57.0 Å². The van der Waals surface area contributed by atoms with Crippen LogP contribution < -0.4 is 0 Å². The number of esters is 1. The Balaban J connectivity index is 2.32. The fourth-order valence-corrected chi connectivity index (χ4v) is 2.03. The minimum atomic E-state index is -0.460. The molecule has 0 radical (unpaired) electrons. The van der Waals surface area contributed by atoms with Crippen LogP contribution in [0.1, 0.15) is 23.0 Å². The second-order valence-electron chi connectivity index (χ2n) is 3.70. The summed E-state index contributed by atoms with van der Waals surface area (Å²) in [5.74, 6) is -0.460. The molecule has 1 heterocycles. The van der Waals surface area contributed by atoms with Crippen LogP contribution in [0.3, 0.4) is 0 Å². The lowest BCUT2D eigenvalue weighted by Crippen LogP contribution is -2.04. The van der Waals surface area contributed by atoms with Crippen LogP contribution in [0, 0.1) is 6.92 Å². The van der Waals surface area contributed by atoms with Crippen LogP contribution in [0.4, 0.5) is 0 Å². The molecular weight excluding hydrogens is 298 g/mol. The van der Waals surface area contributed by atoms with Crippen molar-refractivity contribution in [2.24, 2.45) is 0 Å². The Kier molecular flexibility index (Phi) is 3.76. The van der Waals surface area contributed by atoms with Crippen LogP contribution in [-0.4, -0.2) is 27.6 Å². The highest BCUT2D eigenvalue weighted by Crippen LogP contribution is 2.18. The normalized spacial score (nSPS) is 10.4. The summed E-state index contributed by atoms with van der Waals surface area (Å²) >= 11 is 3.40. The molecule has 0 aliphatic carbocycles. The van der Waals surface area contributed by atoms with Crippen molar-refractivity contribution >= 4 is 21.9 Å². The molecule has 0 atom stereocenters. The van der Waals surface area contributed by atoms with Crippen molar-refractivity contribution in [3.05, 3.63) is 40.1 Å². The molecule has 0 saturated carbocycles. The van der Waals surface area contributed by atoms with Gasteiger partial charge in [0.25, 0.3) is 0 Å². The first-order chi connectivity index (χ1) is 8.61. The fourth-order valence-electron chi connectivity index (χ4n) is 1.56. The van der Waals surface area contributed by atoms with Crippen molar-refractivity contribution < 1.29 is 9.53 Å². The number of nitrogens with zero attached hydrogens (tertiary/aromatic N) is 3. The lowest BCUT2D eigenvalue weighted by Gasteiger charge is -2.04. The van der Waals surface area contributed by atoms with E-state index in [-0.39, 0.29) is 5.69 Å². The summed E-state index contributed by atoms with van der Waals surface area (Å²) in [5.41, 5.74) is 2.12. The number of rotatable bonds is 3. The number of aromatic nitrogens is 3. The lowest BCUT2D eigenvalue weighted by molar-refractivity contribution is 0.0519. The first-order valence-corrected chi connectivity index (χ1v) is 6.27. The van der Waals surface area contributed by atoms with Gasteiger partial charge in [0.2, 0.25) is 0 Å². The number of aryl methyl sites for hydroxylation is 1. The Labute approximate surface area is 113 Å². The minimum absolute atomic E-state index is 0.208. The molecule has 0 saturated heterocycles. The molecule has 0 fully saturated rings. The summed E-state index contributed by atoms with van der Waals surface area (Å²) < 4.78 is 7.42. The van der Waals surface area contributed by atoms with Gasteiger partial charge in [-0.2, -0.15) is 0 Å². The molecule has 0 unspecified atom stereocenters. The Morgan fingerprint density at radius 2 is 2.28 bits per heavy atom. The Bertz CT molecular complexity index is 580. The quantitative estimate of drug-likeness (QED) is 0.817. The maximum absolute atomic E-state index is 11.5. The number of ether oxygens (including phenoxy) is 1. The molecule has 0 spiro atoms. The van der Waals surface area contributed by atoms with Crippen LogP contribution in [0.5, 0.6) is 0 Å². The van der Waals surface area contributed by atoms with E-state index >= 15 is 0 Å². The van der Waals surface area contributed by atoms with Gasteiger partial charge in [0.05, 0.1) is 18.5 Å². The van der Waals surface area contributed by atoms with Crippen molar-refractivity contribution in [3.63, 3.8) is 0 Å². The van der Waals surface area contributed by atoms with Gasteiger partial charge in [-0.1, -0.05) is 21.1 Å². The number of hydrogen-bond acceptors (Lipinski definition) is 4. The first kappa shape index (κ1) is 12.8. The van der Waals surface area contributed by atoms with Crippen LogP contribution in [-0.2, 0) is 4.74 Å². The molecule has 2 rings (SSSR count). The minimum Gasteiger partial charge on any atom is -0.461 e. The third-order valence-corrected chi connectivity index (χ3v) is 2.88. The van der Waals surface area contributed by atoms with E-state index in [4.69, 9.17) is 4.74 Å². The van der Waals surface area contributed by atoms with E-state index in [0.29, 0.717) is 6.61 Å². The summed E-state index contributed by atoms with van der Waals surface area (Å²) in [7, 11) is 0. The number of hydrogen-bond donors (Lipinski definition) is 0. The highest BCUT2D eigenvalue weighted by atomic mass is 79.9. The van der Waals surface area contributed by atoms with Gasteiger partial charge in [0, 0.05) is 4.47 Å². The molecule has 18 heavy (non-hydrogen) atoms. The highest BCUT2D eigenvalue weighted by Gasteiger charge is 2.13. The molecule has 2 aromatic rings. The predicted molar refractivity (Wildman–Crippen MR) is 69.8 cm³/mol. The van der Waals surface area contributed by atoms with Gasteiger partial charge in [-0.3, -0.25) is 0 Å². The van der Waals surface area contributed by atoms with Crippen molar-refractivity contribution in [1.29, 1.82) is 0 Å². The van der Waals surface area contributed by atoms with Crippen LogP contribution in [0.15, 0.2) is 28.9 Å². The summed E-state index contributed by atoms with van der Waals surface area (Å²) in [6, 6.07) is 5.79. The molecular formula is C12H12BrN3O2. The van der Waals surface area contributed by atoms with E-state index in [2.05, 4.69) is 26.2 Å². The third kappa shape index (κ3) is 2.59. The van der Waals surface area contributed by atoms with Gasteiger partial charge in [-0.25, -0.2) is 9.48 Å². The van der Waals surface area contributed by atoms with E-state index in [1.165, 1.54) is 0 Å². The van der Waals surface area contributed by atoms with Crippen LogP contribution in [0.2, 0.25) is 0 Å². The smallest absolute Gasteiger partial charge is 0.360 e. The van der Waals surface area contributed by atoms with E-state index in [1.807, 2.05) is 25.1 Å². The van der Waals surface area contributed by atoms with Gasteiger partial charge >= 0.3 is 5.97 Å².